The van der Waals surface area contributed by atoms with Gasteiger partial charge >= 0.3 is 5.97 Å². The fourth-order valence-electron chi connectivity index (χ4n) is 1.27. The van der Waals surface area contributed by atoms with E-state index in [0.717, 1.165) is 0 Å². The Kier molecular flexibility index (Phi) is 4.42. The predicted octanol–water partition coefficient (Wildman–Crippen LogP) is 1.79. The van der Waals surface area contributed by atoms with Gasteiger partial charge in [0, 0.05) is 12.7 Å². The number of nitrogens with one attached hydrogen (secondary N) is 1. The molecule has 1 aromatic rings. The van der Waals surface area contributed by atoms with Gasteiger partial charge in [-0.3, -0.25) is 9.78 Å². The predicted molar refractivity (Wildman–Crippen MR) is 67.4 cm³/mol. The van der Waals surface area contributed by atoms with E-state index in [2.05, 4.69) is 10.3 Å². The molecular formula is C13H18N2O3. The molecule has 0 saturated carbocycles. The maximum absolute atomic E-state index is 11.8. The van der Waals surface area contributed by atoms with Gasteiger partial charge in [-0.1, -0.05) is 0 Å². The Morgan fingerprint density at radius 1 is 1.39 bits per heavy atom. The zero-order valence-electron chi connectivity index (χ0n) is 11.1. The van der Waals surface area contributed by atoms with Gasteiger partial charge in [0.2, 0.25) is 0 Å². The van der Waals surface area contributed by atoms with Crippen molar-refractivity contribution in [1.82, 2.24) is 10.3 Å². The first-order valence-corrected chi connectivity index (χ1v) is 5.81. The molecular weight excluding hydrogens is 232 g/mol. The summed E-state index contributed by atoms with van der Waals surface area (Å²) in [5, 5.41) is 2.62. The first-order chi connectivity index (χ1) is 8.33. The molecule has 0 aliphatic heterocycles. The number of pyridine rings is 1. The number of rotatable bonds is 3. The summed E-state index contributed by atoms with van der Waals surface area (Å²) in [6.07, 6.45) is 1.42. The van der Waals surface area contributed by atoms with E-state index in [1.54, 1.807) is 20.8 Å². The minimum atomic E-state index is -0.563. The number of nitrogens with zero attached hydrogens (tertiary/aromatic N) is 1. The smallest absolute Gasteiger partial charge is 0.338 e. The lowest BCUT2D eigenvalue weighted by molar-refractivity contribution is 0.00694. The molecule has 0 aliphatic rings. The van der Waals surface area contributed by atoms with Crippen LogP contribution >= 0.6 is 0 Å². The minimum absolute atomic E-state index is 0.209. The Morgan fingerprint density at radius 2 is 2.06 bits per heavy atom. The summed E-state index contributed by atoms with van der Waals surface area (Å²) >= 11 is 0. The third kappa shape index (κ3) is 4.16. The lowest BCUT2D eigenvalue weighted by Crippen LogP contribution is -2.26. The molecule has 0 aliphatic carbocycles. The van der Waals surface area contributed by atoms with Crippen molar-refractivity contribution in [2.45, 2.75) is 33.3 Å². The molecule has 0 aromatic carbocycles. The number of ether oxygens (including phenoxy) is 1. The molecule has 5 heteroatoms. The third-order valence-corrected chi connectivity index (χ3v) is 1.96. The summed E-state index contributed by atoms with van der Waals surface area (Å²) in [6.45, 7) is 7.69. The monoisotopic (exact) mass is 250 g/mol. The quantitative estimate of drug-likeness (QED) is 0.830. The molecule has 0 unspecified atom stereocenters. The fourth-order valence-corrected chi connectivity index (χ4v) is 1.27. The van der Waals surface area contributed by atoms with Gasteiger partial charge in [-0.2, -0.15) is 0 Å². The number of esters is 1. The topological polar surface area (TPSA) is 68.3 Å². The SMILES string of the molecule is CCNC(=O)c1cc(C(=O)OC(C)(C)C)ccn1. The number of amides is 1. The Morgan fingerprint density at radius 3 is 2.61 bits per heavy atom. The average molecular weight is 250 g/mol. The third-order valence-electron chi connectivity index (χ3n) is 1.96. The maximum Gasteiger partial charge on any atom is 0.338 e. The molecule has 1 amide bonds. The second-order valence-corrected chi connectivity index (χ2v) is 4.79. The van der Waals surface area contributed by atoms with Gasteiger partial charge in [-0.15, -0.1) is 0 Å². The molecule has 18 heavy (non-hydrogen) atoms. The van der Waals surface area contributed by atoms with Crippen molar-refractivity contribution >= 4 is 11.9 Å². The summed E-state index contributed by atoms with van der Waals surface area (Å²) < 4.78 is 5.22. The van der Waals surface area contributed by atoms with Crippen LogP contribution in [0.3, 0.4) is 0 Å². The lowest BCUT2D eigenvalue weighted by Gasteiger charge is -2.19. The van der Waals surface area contributed by atoms with Gasteiger partial charge in [-0.25, -0.2) is 4.79 Å². The Balaban J connectivity index is 2.88. The molecule has 5 nitrogen and oxygen atoms in total. The van der Waals surface area contributed by atoms with E-state index in [1.165, 1.54) is 18.3 Å². The maximum atomic E-state index is 11.8. The largest absolute Gasteiger partial charge is 0.456 e. The average Bonchev–Trinajstić information content (AvgIpc) is 2.27. The van der Waals surface area contributed by atoms with E-state index in [-0.39, 0.29) is 11.6 Å². The molecule has 1 heterocycles. The van der Waals surface area contributed by atoms with E-state index < -0.39 is 11.6 Å². The molecule has 1 aromatic heterocycles. The van der Waals surface area contributed by atoms with Gasteiger partial charge < -0.3 is 10.1 Å². The van der Waals surface area contributed by atoms with Crippen molar-refractivity contribution in [3.05, 3.63) is 29.6 Å². The van der Waals surface area contributed by atoms with Crippen molar-refractivity contribution in [3.63, 3.8) is 0 Å². The highest BCUT2D eigenvalue weighted by Gasteiger charge is 2.19. The molecule has 0 spiro atoms. The van der Waals surface area contributed by atoms with E-state index >= 15 is 0 Å². The molecule has 98 valence electrons. The fraction of sp³-hybridized carbons (Fsp3) is 0.462. The standard InChI is InChI=1S/C13H18N2O3/c1-5-14-11(16)10-8-9(6-7-15-10)12(17)18-13(2,3)4/h6-8H,5H2,1-4H3,(H,14,16). The number of hydrogen-bond donors (Lipinski definition) is 1. The number of hydrogen-bond acceptors (Lipinski definition) is 4. The lowest BCUT2D eigenvalue weighted by atomic mass is 10.1. The van der Waals surface area contributed by atoms with Crippen LogP contribution in [0.25, 0.3) is 0 Å². The zero-order valence-corrected chi connectivity index (χ0v) is 11.1. The normalized spacial score (nSPS) is 10.9. The highest BCUT2D eigenvalue weighted by molar-refractivity contribution is 5.96. The van der Waals surface area contributed by atoms with Crippen LogP contribution in [0.1, 0.15) is 48.5 Å². The Labute approximate surface area is 107 Å². The molecule has 0 atom stereocenters. The van der Waals surface area contributed by atoms with Crippen LogP contribution in [-0.4, -0.2) is 29.0 Å². The van der Waals surface area contributed by atoms with Crippen LogP contribution < -0.4 is 5.32 Å². The molecule has 1 rings (SSSR count). The Bertz CT molecular complexity index is 450. The second-order valence-electron chi connectivity index (χ2n) is 4.79. The van der Waals surface area contributed by atoms with E-state index in [1.807, 2.05) is 6.92 Å². The highest BCUT2D eigenvalue weighted by atomic mass is 16.6. The van der Waals surface area contributed by atoms with E-state index in [4.69, 9.17) is 4.74 Å². The first kappa shape index (κ1) is 14.2. The van der Waals surface area contributed by atoms with E-state index in [9.17, 15) is 9.59 Å². The van der Waals surface area contributed by atoms with Gasteiger partial charge in [0.15, 0.2) is 0 Å². The van der Waals surface area contributed by atoms with Crippen molar-refractivity contribution in [2.24, 2.45) is 0 Å². The van der Waals surface area contributed by atoms with Gasteiger partial charge in [0.25, 0.3) is 5.91 Å². The van der Waals surface area contributed by atoms with Crippen molar-refractivity contribution < 1.29 is 14.3 Å². The summed E-state index contributed by atoms with van der Waals surface area (Å²) in [4.78, 5) is 27.3. The summed E-state index contributed by atoms with van der Waals surface area (Å²) in [6, 6.07) is 2.95. The van der Waals surface area contributed by atoms with Crippen LogP contribution in [-0.2, 0) is 4.74 Å². The van der Waals surface area contributed by atoms with Crippen LogP contribution in [0, 0.1) is 0 Å². The van der Waals surface area contributed by atoms with Crippen LogP contribution in [0.4, 0.5) is 0 Å². The molecule has 0 saturated heterocycles. The number of carbonyl (C=O) groups is 2. The molecule has 0 bridgehead atoms. The van der Waals surface area contributed by atoms with E-state index in [0.29, 0.717) is 12.1 Å². The van der Waals surface area contributed by atoms with Crippen LogP contribution in [0.15, 0.2) is 18.3 Å². The minimum Gasteiger partial charge on any atom is -0.456 e. The first-order valence-electron chi connectivity index (χ1n) is 5.81. The van der Waals surface area contributed by atoms with Gasteiger partial charge in [0.1, 0.15) is 11.3 Å². The summed E-state index contributed by atoms with van der Waals surface area (Å²) in [5.41, 5.74) is -0.0342. The van der Waals surface area contributed by atoms with Crippen molar-refractivity contribution in [1.29, 1.82) is 0 Å². The van der Waals surface area contributed by atoms with Crippen LogP contribution in [0.5, 0.6) is 0 Å². The Hall–Kier alpha value is -1.91. The van der Waals surface area contributed by atoms with Gasteiger partial charge in [-0.05, 0) is 39.8 Å². The molecule has 0 fully saturated rings. The number of carbonyl (C=O) groups excluding carboxylic acids is 2. The highest BCUT2D eigenvalue weighted by Crippen LogP contribution is 2.12. The molecule has 0 radical (unpaired) electrons. The van der Waals surface area contributed by atoms with Crippen LogP contribution in [0.2, 0.25) is 0 Å². The molecule has 1 N–H and O–H groups in total. The summed E-state index contributed by atoms with van der Waals surface area (Å²) in [5.74, 6) is -0.765. The van der Waals surface area contributed by atoms with Crippen molar-refractivity contribution in [3.8, 4) is 0 Å². The number of aromatic nitrogens is 1. The second kappa shape index (κ2) is 5.62. The zero-order chi connectivity index (χ0) is 13.8. The van der Waals surface area contributed by atoms with Crippen molar-refractivity contribution in [2.75, 3.05) is 6.54 Å². The summed E-state index contributed by atoms with van der Waals surface area (Å²) in [7, 11) is 0. The van der Waals surface area contributed by atoms with Gasteiger partial charge in [0.05, 0.1) is 5.56 Å².